The molecule has 4 heteroatoms. The summed E-state index contributed by atoms with van der Waals surface area (Å²) >= 11 is 0. The standard InChI is InChI=1S/C14H20N2O2/c1-10-6-7-11-4-3-5-12(14(11)16-10)18-9-8-13(17)15-2/h3-5,10,16H,6-9H2,1-2H3,(H,15,17). The highest BCUT2D eigenvalue weighted by Crippen LogP contribution is 2.33. The molecule has 0 spiro atoms. The molecule has 98 valence electrons. The number of carbonyl (C=O) groups excluding carboxylic acids is 1. The number of hydrogen-bond acceptors (Lipinski definition) is 3. The van der Waals surface area contributed by atoms with Crippen molar-refractivity contribution >= 4 is 11.6 Å². The van der Waals surface area contributed by atoms with E-state index in [-0.39, 0.29) is 5.91 Å². The van der Waals surface area contributed by atoms with Gasteiger partial charge in [-0.25, -0.2) is 0 Å². The summed E-state index contributed by atoms with van der Waals surface area (Å²) in [5, 5.41) is 6.04. The first-order chi connectivity index (χ1) is 8.70. The van der Waals surface area contributed by atoms with E-state index in [1.807, 2.05) is 12.1 Å². The molecule has 1 unspecified atom stereocenters. The molecule has 18 heavy (non-hydrogen) atoms. The number of fused-ring (bicyclic) bond motifs is 1. The van der Waals surface area contributed by atoms with Crippen LogP contribution >= 0.6 is 0 Å². The number of amides is 1. The molecular formula is C14H20N2O2. The molecule has 1 amide bonds. The fourth-order valence-electron chi connectivity index (χ4n) is 2.14. The van der Waals surface area contributed by atoms with Gasteiger partial charge in [0.2, 0.25) is 5.91 Å². The zero-order valence-corrected chi connectivity index (χ0v) is 11.0. The SMILES string of the molecule is CNC(=O)CCOc1cccc2c1NC(C)CC2. The van der Waals surface area contributed by atoms with Crippen LogP contribution < -0.4 is 15.4 Å². The Labute approximate surface area is 108 Å². The highest BCUT2D eigenvalue weighted by molar-refractivity contribution is 5.75. The third kappa shape index (κ3) is 2.94. The van der Waals surface area contributed by atoms with Gasteiger partial charge in [-0.05, 0) is 31.4 Å². The number of benzene rings is 1. The summed E-state index contributed by atoms with van der Waals surface area (Å²) in [5.41, 5.74) is 2.39. The minimum atomic E-state index is 0.00104. The van der Waals surface area contributed by atoms with Gasteiger partial charge in [-0.3, -0.25) is 4.79 Å². The van der Waals surface area contributed by atoms with Gasteiger partial charge in [0.15, 0.2) is 0 Å². The van der Waals surface area contributed by atoms with Crippen molar-refractivity contribution in [2.45, 2.75) is 32.2 Å². The Morgan fingerprint density at radius 1 is 1.56 bits per heavy atom. The van der Waals surface area contributed by atoms with Gasteiger partial charge in [0.1, 0.15) is 5.75 Å². The molecule has 0 aromatic heterocycles. The van der Waals surface area contributed by atoms with Gasteiger partial charge in [0, 0.05) is 13.1 Å². The normalized spacial score (nSPS) is 17.6. The number of ether oxygens (including phenoxy) is 1. The minimum absolute atomic E-state index is 0.00104. The summed E-state index contributed by atoms with van der Waals surface area (Å²) in [6, 6.07) is 6.56. The van der Waals surface area contributed by atoms with Crippen molar-refractivity contribution in [3.63, 3.8) is 0 Å². The molecule has 1 aliphatic heterocycles. The number of hydrogen-bond donors (Lipinski definition) is 2. The molecule has 0 aliphatic carbocycles. The molecular weight excluding hydrogens is 228 g/mol. The summed E-state index contributed by atoms with van der Waals surface area (Å²) in [6.45, 7) is 2.58. The number of carbonyl (C=O) groups is 1. The van der Waals surface area contributed by atoms with Crippen molar-refractivity contribution in [1.82, 2.24) is 5.32 Å². The fraction of sp³-hybridized carbons (Fsp3) is 0.500. The molecule has 0 saturated heterocycles. The largest absolute Gasteiger partial charge is 0.491 e. The molecule has 0 fully saturated rings. The molecule has 0 radical (unpaired) electrons. The summed E-state index contributed by atoms with van der Waals surface area (Å²) in [4.78, 5) is 11.1. The monoisotopic (exact) mass is 248 g/mol. The lowest BCUT2D eigenvalue weighted by molar-refractivity contribution is -0.121. The predicted molar refractivity (Wildman–Crippen MR) is 72.0 cm³/mol. The molecule has 2 rings (SSSR count). The zero-order valence-electron chi connectivity index (χ0n) is 11.0. The van der Waals surface area contributed by atoms with Gasteiger partial charge in [0.05, 0.1) is 18.7 Å². The van der Waals surface area contributed by atoms with Gasteiger partial charge in [-0.15, -0.1) is 0 Å². The molecule has 0 bridgehead atoms. The molecule has 1 aromatic rings. The van der Waals surface area contributed by atoms with Crippen LogP contribution in [0.2, 0.25) is 0 Å². The van der Waals surface area contributed by atoms with Crippen LogP contribution in [0.15, 0.2) is 18.2 Å². The lowest BCUT2D eigenvalue weighted by Crippen LogP contribution is -2.23. The second-order valence-corrected chi connectivity index (χ2v) is 4.65. The molecule has 1 atom stereocenters. The van der Waals surface area contributed by atoms with E-state index in [4.69, 9.17) is 4.74 Å². The van der Waals surface area contributed by atoms with Crippen LogP contribution in [0.3, 0.4) is 0 Å². The smallest absolute Gasteiger partial charge is 0.223 e. The van der Waals surface area contributed by atoms with E-state index in [0.29, 0.717) is 19.1 Å². The van der Waals surface area contributed by atoms with Crippen LogP contribution in [-0.2, 0) is 11.2 Å². The van der Waals surface area contributed by atoms with E-state index in [9.17, 15) is 4.79 Å². The van der Waals surface area contributed by atoms with Gasteiger partial charge in [-0.2, -0.15) is 0 Å². The Bertz CT molecular complexity index is 432. The highest BCUT2D eigenvalue weighted by Gasteiger charge is 2.17. The number of rotatable bonds is 4. The number of anilines is 1. The van der Waals surface area contributed by atoms with Crippen LogP contribution in [0.25, 0.3) is 0 Å². The van der Waals surface area contributed by atoms with Crippen molar-refractivity contribution in [2.24, 2.45) is 0 Å². The summed E-state index contributed by atoms with van der Waals surface area (Å²) in [7, 11) is 1.63. The molecule has 1 aromatic carbocycles. The van der Waals surface area contributed by atoms with Crippen LogP contribution in [0, 0.1) is 0 Å². The van der Waals surface area contributed by atoms with Crippen molar-refractivity contribution in [1.29, 1.82) is 0 Å². The van der Waals surface area contributed by atoms with Crippen molar-refractivity contribution in [2.75, 3.05) is 19.0 Å². The lowest BCUT2D eigenvalue weighted by atomic mass is 9.98. The van der Waals surface area contributed by atoms with Crippen molar-refractivity contribution in [3.05, 3.63) is 23.8 Å². The zero-order chi connectivity index (χ0) is 13.0. The Balaban J connectivity index is 2.02. The predicted octanol–water partition coefficient (Wildman–Crippen LogP) is 1.95. The third-order valence-electron chi connectivity index (χ3n) is 3.22. The van der Waals surface area contributed by atoms with Gasteiger partial charge < -0.3 is 15.4 Å². The molecule has 2 N–H and O–H groups in total. The average molecular weight is 248 g/mol. The van der Waals surface area contributed by atoms with Crippen LogP contribution in [0.4, 0.5) is 5.69 Å². The van der Waals surface area contributed by atoms with Gasteiger partial charge in [-0.1, -0.05) is 12.1 Å². The molecule has 0 saturated carbocycles. The number of para-hydroxylation sites is 1. The van der Waals surface area contributed by atoms with Gasteiger partial charge >= 0.3 is 0 Å². The lowest BCUT2D eigenvalue weighted by Gasteiger charge is -2.26. The highest BCUT2D eigenvalue weighted by atomic mass is 16.5. The van der Waals surface area contributed by atoms with Crippen LogP contribution in [0.1, 0.15) is 25.3 Å². The van der Waals surface area contributed by atoms with Crippen LogP contribution in [0.5, 0.6) is 5.75 Å². The van der Waals surface area contributed by atoms with Crippen LogP contribution in [-0.4, -0.2) is 25.6 Å². The Morgan fingerprint density at radius 3 is 3.17 bits per heavy atom. The Hall–Kier alpha value is -1.71. The molecule has 1 heterocycles. The van der Waals surface area contributed by atoms with Gasteiger partial charge in [0.25, 0.3) is 0 Å². The first-order valence-corrected chi connectivity index (χ1v) is 6.42. The van der Waals surface area contributed by atoms with E-state index in [1.54, 1.807) is 7.05 Å². The summed E-state index contributed by atoms with van der Waals surface area (Å²) in [6.07, 6.45) is 2.61. The quantitative estimate of drug-likeness (QED) is 0.856. The van der Waals surface area contributed by atoms with Crippen molar-refractivity contribution < 1.29 is 9.53 Å². The van der Waals surface area contributed by atoms with E-state index in [2.05, 4.69) is 23.6 Å². The first-order valence-electron chi connectivity index (χ1n) is 6.42. The second-order valence-electron chi connectivity index (χ2n) is 4.65. The fourth-order valence-corrected chi connectivity index (χ4v) is 2.14. The second kappa shape index (κ2) is 5.76. The van der Waals surface area contributed by atoms with E-state index in [1.165, 1.54) is 5.56 Å². The summed E-state index contributed by atoms with van der Waals surface area (Å²) in [5.74, 6) is 0.851. The number of aryl methyl sites for hydroxylation is 1. The molecule has 4 nitrogen and oxygen atoms in total. The summed E-state index contributed by atoms with van der Waals surface area (Å²) < 4.78 is 5.70. The molecule has 1 aliphatic rings. The average Bonchev–Trinajstić information content (AvgIpc) is 2.39. The van der Waals surface area contributed by atoms with E-state index in [0.717, 1.165) is 24.3 Å². The number of nitrogens with one attached hydrogen (secondary N) is 2. The maximum atomic E-state index is 11.1. The maximum absolute atomic E-state index is 11.1. The first kappa shape index (κ1) is 12.7. The minimum Gasteiger partial charge on any atom is -0.491 e. The Kier molecular flexibility index (Phi) is 4.07. The van der Waals surface area contributed by atoms with E-state index >= 15 is 0 Å². The third-order valence-corrected chi connectivity index (χ3v) is 3.22. The topological polar surface area (TPSA) is 50.4 Å². The van der Waals surface area contributed by atoms with E-state index < -0.39 is 0 Å². The van der Waals surface area contributed by atoms with Crippen molar-refractivity contribution in [3.8, 4) is 5.75 Å². The Morgan fingerprint density at radius 2 is 2.39 bits per heavy atom. The maximum Gasteiger partial charge on any atom is 0.223 e.